The Morgan fingerprint density at radius 2 is 1.78 bits per heavy atom. The molecule has 4 nitrogen and oxygen atoms in total. The Hall–Kier alpha value is -1.49. The third-order valence-corrected chi connectivity index (χ3v) is 4.03. The molecular formula is C11H7ClF6N4S. The van der Waals surface area contributed by atoms with E-state index in [2.05, 4.69) is 15.2 Å². The summed E-state index contributed by atoms with van der Waals surface area (Å²) in [7, 11) is 1.13. The average molecular weight is 377 g/mol. The van der Waals surface area contributed by atoms with Gasteiger partial charge in [0, 0.05) is 19.0 Å². The molecular weight excluding hydrogens is 370 g/mol. The summed E-state index contributed by atoms with van der Waals surface area (Å²) in [4.78, 5) is 3.59. The topological polar surface area (TPSA) is 43.6 Å². The number of nitrogens with zero attached hydrogens (tertiary/aromatic N) is 4. The third kappa shape index (κ3) is 4.08. The molecule has 0 fully saturated rings. The van der Waals surface area contributed by atoms with Crippen LogP contribution in [-0.4, -0.2) is 19.7 Å². The molecule has 2 aromatic rings. The minimum Gasteiger partial charge on any atom is -0.302 e. The highest BCUT2D eigenvalue weighted by Crippen LogP contribution is 2.33. The summed E-state index contributed by atoms with van der Waals surface area (Å²) in [6.07, 6.45) is -8.61. The van der Waals surface area contributed by atoms with Crippen molar-refractivity contribution in [3.63, 3.8) is 0 Å². The van der Waals surface area contributed by atoms with Gasteiger partial charge in [-0.25, -0.2) is 0 Å². The molecule has 0 unspecified atom stereocenters. The van der Waals surface area contributed by atoms with Gasteiger partial charge in [-0.1, -0.05) is 23.4 Å². The van der Waals surface area contributed by atoms with Crippen LogP contribution < -0.4 is 0 Å². The first-order chi connectivity index (χ1) is 10.5. The fourth-order valence-corrected chi connectivity index (χ4v) is 2.73. The standard InChI is InChI=1S/C11H7ClF6N4S/c1-22-8(11(16,17)18)20-21-9(22)23-4-7-6(12)2-5(3-19-7)10(13,14)15/h2-3H,4H2,1H3. The number of rotatable bonds is 3. The summed E-state index contributed by atoms with van der Waals surface area (Å²) >= 11 is 6.55. The second-order valence-electron chi connectivity index (χ2n) is 4.30. The minimum atomic E-state index is -4.65. The minimum absolute atomic E-state index is 0.0548. The summed E-state index contributed by atoms with van der Waals surface area (Å²) in [5.74, 6) is -1.23. The lowest BCUT2D eigenvalue weighted by molar-refractivity contribution is -0.147. The summed E-state index contributed by atoms with van der Waals surface area (Å²) in [5, 5.41) is 6.13. The van der Waals surface area contributed by atoms with E-state index >= 15 is 0 Å². The van der Waals surface area contributed by atoms with Gasteiger partial charge in [-0.3, -0.25) is 4.98 Å². The monoisotopic (exact) mass is 376 g/mol. The van der Waals surface area contributed by atoms with Crippen LogP contribution in [0.25, 0.3) is 0 Å². The molecule has 12 heteroatoms. The van der Waals surface area contributed by atoms with Crippen molar-refractivity contribution in [3.05, 3.63) is 34.4 Å². The molecule has 0 spiro atoms. The molecule has 23 heavy (non-hydrogen) atoms. The van der Waals surface area contributed by atoms with E-state index in [1.807, 2.05) is 0 Å². The molecule has 0 bridgehead atoms. The lowest BCUT2D eigenvalue weighted by atomic mass is 10.2. The Kier molecular flexibility index (Phi) is 4.81. The summed E-state index contributed by atoms with van der Waals surface area (Å²) in [6.45, 7) is 0. The molecule has 0 saturated heterocycles. The van der Waals surface area contributed by atoms with E-state index in [9.17, 15) is 26.3 Å². The molecule has 0 radical (unpaired) electrons. The van der Waals surface area contributed by atoms with Crippen molar-refractivity contribution in [2.24, 2.45) is 7.05 Å². The number of thioether (sulfide) groups is 1. The van der Waals surface area contributed by atoms with E-state index in [1.54, 1.807) is 0 Å². The van der Waals surface area contributed by atoms with Gasteiger partial charge in [0.15, 0.2) is 5.16 Å². The summed E-state index contributed by atoms with van der Waals surface area (Å²) in [6, 6.07) is 0.711. The summed E-state index contributed by atoms with van der Waals surface area (Å²) < 4.78 is 75.9. The highest BCUT2D eigenvalue weighted by molar-refractivity contribution is 7.98. The third-order valence-electron chi connectivity index (χ3n) is 2.67. The van der Waals surface area contributed by atoms with Crippen molar-refractivity contribution in [1.29, 1.82) is 0 Å². The molecule has 0 atom stereocenters. The average Bonchev–Trinajstić information content (AvgIpc) is 2.77. The van der Waals surface area contributed by atoms with Gasteiger partial charge in [0.05, 0.1) is 16.3 Å². The number of aromatic nitrogens is 4. The van der Waals surface area contributed by atoms with Crippen molar-refractivity contribution in [3.8, 4) is 0 Å². The molecule has 0 amide bonds. The number of hydrogen-bond acceptors (Lipinski definition) is 4. The van der Waals surface area contributed by atoms with Gasteiger partial charge in [0.1, 0.15) is 0 Å². The van der Waals surface area contributed by atoms with E-state index in [0.29, 0.717) is 12.3 Å². The normalized spacial score (nSPS) is 12.7. The Bertz CT molecular complexity index is 712. The second kappa shape index (κ2) is 6.19. The molecule has 0 aromatic carbocycles. The highest BCUT2D eigenvalue weighted by Gasteiger charge is 2.37. The Morgan fingerprint density at radius 3 is 2.26 bits per heavy atom. The number of hydrogen-bond donors (Lipinski definition) is 0. The van der Waals surface area contributed by atoms with Crippen LogP contribution in [0.4, 0.5) is 26.3 Å². The first-order valence-electron chi connectivity index (χ1n) is 5.81. The molecule has 0 aliphatic carbocycles. The number of pyridine rings is 1. The van der Waals surface area contributed by atoms with Crippen LogP contribution in [0.1, 0.15) is 17.1 Å². The van der Waals surface area contributed by atoms with Gasteiger partial charge < -0.3 is 4.57 Å². The lowest BCUT2D eigenvalue weighted by Crippen LogP contribution is -2.13. The van der Waals surface area contributed by atoms with Gasteiger partial charge in [-0.15, -0.1) is 10.2 Å². The predicted molar refractivity (Wildman–Crippen MR) is 69.8 cm³/mol. The molecule has 2 heterocycles. The first-order valence-corrected chi connectivity index (χ1v) is 7.17. The zero-order valence-corrected chi connectivity index (χ0v) is 12.8. The Morgan fingerprint density at radius 1 is 1.13 bits per heavy atom. The highest BCUT2D eigenvalue weighted by atomic mass is 35.5. The van der Waals surface area contributed by atoms with Gasteiger partial charge in [-0.05, 0) is 6.07 Å². The van der Waals surface area contributed by atoms with Gasteiger partial charge in [-0.2, -0.15) is 26.3 Å². The Labute approximate surface area is 134 Å². The number of alkyl halides is 6. The van der Waals surface area contributed by atoms with Crippen molar-refractivity contribution in [2.75, 3.05) is 0 Å². The van der Waals surface area contributed by atoms with Gasteiger partial charge in [0.25, 0.3) is 0 Å². The maximum Gasteiger partial charge on any atom is 0.451 e. The van der Waals surface area contributed by atoms with Crippen LogP contribution in [0.5, 0.6) is 0 Å². The summed E-state index contributed by atoms with van der Waals surface area (Å²) in [5.41, 5.74) is -0.907. The maximum absolute atomic E-state index is 12.6. The van der Waals surface area contributed by atoms with Crippen molar-refractivity contribution in [1.82, 2.24) is 19.7 Å². The molecule has 0 N–H and O–H groups in total. The molecule has 0 saturated carbocycles. The van der Waals surface area contributed by atoms with Crippen LogP contribution in [-0.2, 0) is 25.2 Å². The van der Waals surface area contributed by atoms with Crippen LogP contribution >= 0.6 is 23.4 Å². The van der Waals surface area contributed by atoms with E-state index in [4.69, 9.17) is 11.6 Å². The smallest absolute Gasteiger partial charge is 0.302 e. The fraction of sp³-hybridized carbons (Fsp3) is 0.364. The van der Waals surface area contributed by atoms with E-state index in [1.165, 1.54) is 0 Å². The zero-order chi connectivity index (χ0) is 17.4. The quantitative estimate of drug-likeness (QED) is 0.595. The molecule has 2 rings (SSSR count). The molecule has 2 aromatic heterocycles. The zero-order valence-electron chi connectivity index (χ0n) is 11.2. The van der Waals surface area contributed by atoms with Crippen molar-refractivity contribution in [2.45, 2.75) is 23.3 Å². The van der Waals surface area contributed by atoms with Crippen LogP contribution in [0, 0.1) is 0 Å². The van der Waals surface area contributed by atoms with Crippen molar-refractivity contribution < 1.29 is 26.3 Å². The maximum atomic E-state index is 12.6. The first kappa shape index (κ1) is 17.9. The van der Waals surface area contributed by atoms with Gasteiger partial charge >= 0.3 is 12.4 Å². The van der Waals surface area contributed by atoms with Crippen LogP contribution in [0.15, 0.2) is 17.4 Å². The van der Waals surface area contributed by atoms with Gasteiger partial charge in [0.2, 0.25) is 5.82 Å². The largest absolute Gasteiger partial charge is 0.451 e. The SMILES string of the molecule is Cn1c(SCc2ncc(C(F)(F)F)cc2Cl)nnc1C(F)(F)F. The lowest BCUT2D eigenvalue weighted by Gasteiger charge is -2.09. The molecule has 0 aliphatic heterocycles. The number of halogens is 7. The molecule has 126 valence electrons. The molecule has 0 aliphatic rings. The Balaban J connectivity index is 2.15. The van der Waals surface area contributed by atoms with Crippen LogP contribution in [0.3, 0.4) is 0 Å². The van der Waals surface area contributed by atoms with E-state index in [-0.39, 0.29) is 21.6 Å². The second-order valence-corrected chi connectivity index (χ2v) is 5.65. The van der Waals surface area contributed by atoms with Crippen LogP contribution in [0.2, 0.25) is 5.02 Å². The fourth-order valence-electron chi connectivity index (χ4n) is 1.55. The van der Waals surface area contributed by atoms with Crippen molar-refractivity contribution >= 4 is 23.4 Å². The van der Waals surface area contributed by atoms with E-state index in [0.717, 1.165) is 23.4 Å². The van der Waals surface area contributed by atoms with E-state index < -0.39 is 23.7 Å². The predicted octanol–water partition coefficient (Wildman–Crippen LogP) is 4.19.